The van der Waals surface area contributed by atoms with Crippen LogP contribution in [0.25, 0.3) is 5.65 Å². The van der Waals surface area contributed by atoms with Crippen LogP contribution in [0.1, 0.15) is 42.6 Å². The predicted molar refractivity (Wildman–Crippen MR) is 146 cm³/mol. The van der Waals surface area contributed by atoms with Crippen molar-refractivity contribution in [2.45, 2.75) is 44.6 Å². The zero-order chi connectivity index (χ0) is 26.1. The van der Waals surface area contributed by atoms with Crippen molar-refractivity contribution in [2.24, 2.45) is 0 Å². The number of urea groups is 1. The van der Waals surface area contributed by atoms with Gasteiger partial charge in [-0.15, -0.1) is 0 Å². The molecular formula is C27H32N8O2S. The highest BCUT2D eigenvalue weighted by molar-refractivity contribution is 7.09. The minimum absolute atomic E-state index is 0.00229. The summed E-state index contributed by atoms with van der Waals surface area (Å²) in [5.74, 6) is 1.78. The normalized spacial score (nSPS) is 17.8. The van der Waals surface area contributed by atoms with Gasteiger partial charge in [0.05, 0.1) is 18.3 Å². The molecule has 5 heterocycles. The molecule has 2 fully saturated rings. The van der Waals surface area contributed by atoms with Crippen LogP contribution >= 0.6 is 11.5 Å². The van der Waals surface area contributed by atoms with Crippen molar-refractivity contribution in [2.75, 3.05) is 37.7 Å². The highest BCUT2D eigenvalue weighted by Crippen LogP contribution is 2.31. The molecule has 2 amide bonds. The smallest absolute Gasteiger partial charge is 0.317 e. The van der Waals surface area contributed by atoms with Crippen LogP contribution in [0.15, 0.2) is 48.9 Å². The third kappa shape index (κ3) is 5.02. The summed E-state index contributed by atoms with van der Waals surface area (Å²) in [6.45, 7) is 7.79. The van der Waals surface area contributed by atoms with E-state index in [0.717, 1.165) is 53.8 Å². The zero-order valence-electron chi connectivity index (χ0n) is 21.7. The van der Waals surface area contributed by atoms with Crippen LogP contribution in [0.5, 0.6) is 5.75 Å². The Hall–Kier alpha value is -3.73. The van der Waals surface area contributed by atoms with E-state index < -0.39 is 0 Å². The molecule has 3 aromatic heterocycles. The maximum atomic E-state index is 12.8. The summed E-state index contributed by atoms with van der Waals surface area (Å²) in [5, 5.41) is 8.91. The Morgan fingerprint density at radius 3 is 2.79 bits per heavy atom. The van der Waals surface area contributed by atoms with Gasteiger partial charge in [-0.3, -0.25) is 0 Å². The lowest BCUT2D eigenvalue weighted by Crippen LogP contribution is -2.52. The Kier molecular flexibility index (Phi) is 6.61. The van der Waals surface area contributed by atoms with E-state index in [9.17, 15) is 4.79 Å². The Morgan fingerprint density at radius 2 is 2.03 bits per heavy atom. The van der Waals surface area contributed by atoms with Gasteiger partial charge in [0.1, 0.15) is 12.1 Å². The van der Waals surface area contributed by atoms with Crippen molar-refractivity contribution in [3.05, 3.63) is 65.9 Å². The Bertz CT molecular complexity index is 1400. The Labute approximate surface area is 225 Å². The van der Waals surface area contributed by atoms with Crippen LogP contribution < -0.4 is 15.0 Å². The summed E-state index contributed by atoms with van der Waals surface area (Å²) in [5.41, 5.74) is 2.90. The molecular weight excluding hydrogens is 500 g/mol. The highest BCUT2D eigenvalue weighted by Gasteiger charge is 2.44. The summed E-state index contributed by atoms with van der Waals surface area (Å²) >= 11 is 1.42. The minimum Gasteiger partial charge on any atom is -0.491 e. The first-order valence-electron chi connectivity index (χ1n) is 13.1. The molecule has 1 aromatic carbocycles. The number of hydrogen-bond acceptors (Lipinski definition) is 8. The average molecular weight is 533 g/mol. The molecule has 10 nitrogen and oxygen atoms in total. The highest BCUT2D eigenvalue weighted by atomic mass is 32.1. The van der Waals surface area contributed by atoms with Gasteiger partial charge in [-0.1, -0.05) is 37.3 Å². The second-order valence-electron chi connectivity index (χ2n) is 10.4. The van der Waals surface area contributed by atoms with E-state index in [1.807, 2.05) is 30.2 Å². The monoisotopic (exact) mass is 532 g/mol. The maximum Gasteiger partial charge on any atom is 0.317 e. The first kappa shape index (κ1) is 24.6. The number of fused-ring (bicyclic) bond motifs is 1. The minimum atomic E-state index is -0.176. The molecule has 0 bridgehead atoms. The molecule has 1 N–H and O–H groups in total. The average Bonchev–Trinajstić information content (AvgIpc) is 3.67. The fourth-order valence-corrected chi connectivity index (χ4v) is 5.94. The number of aromatic nitrogens is 5. The molecule has 6 rings (SSSR count). The second-order valence-corrected chi connectivity index (χ2v) is 11.1. The molecule has 2 aliphatic rings. The molecule has 2 saturated heterocycles. The van der Waals surface area contributed by atoms with Gasteiger partial charge in [0.25, 0.3) is 0 Å². The zero-order valence-corrected chi connectivity index (χ0v) is 22.5. The third-order valence-electron chi connectivity index (χ3n) is 7.60. The number of nitrogens with zero attached hydrogens (tertiary/aromatic N) is 7. The molecule has 0 aliphatic carbocycles. The summed E-state index contributed by atoms with van der Waals surface area (Å²) in [7, 11) is 0. The number of nitrogens with one attached hydrogen (secondary N) is 1. The van der Waals surface area contributed by atoms with Crippen LogP contribution in [0.2, 0.25) is 0 Å². The largest absolute Gasteiger partial charge is 0.491 e. The van der Waals surface area contributed by atoms with Gasteiger partial charge in [-0.25, -0.2) is 19.3 Å². The topological polar surface area (TPSA) is 101 Å². The summed E-state index contributed by atoms with van der Waals surface area (Å²) in [6.07, 6.45) is 5.87. The van der Waals surface area contributed by atoms with Gasteiger partial charge < -0.3 is 19.9 Å². The van der Waals surface area contributed by atoms with Crippen LogP contribution in [0, 0.1) is 6.92 Å². The first-order chi connectivity index (χ1) is 18.5. The third-order valence-corrected chi connectivity index (χ3v) is 8.33. The lowest BCUT2D eigenvalue weighted by atomic mass is 9.88. The number of pyridine rings is 1. The molecule has 1 atom stereocenters. The van der Waals surface area contributed by atoms with E-state index >= 15 is 0 Å². The van der Waals surface area contributed by atoms with E-state index in [4.69, 9.17) is 14.8 Å². The number of ether oxygens (including phenoxy) is 1. The molecule has 0 radical (unpaired) electrons. The SMILES string of the molecule is Cc1cc(OC[C@H](C)c2ccccc2)cn2nc(CCN3CC4(CCN(c5ncns5)CC4)NC3=O)nc12. The van der Waals surface area contributed by atoms with Crippen LogP contribution in [0.3, 0.4) is 0 Å². The van der Waals surface area contributed by atoms with Crippen LogP contribution in [-0.2, 0) is 6.42 Å². The van der Waals surface area contributed by atoms with Gasteiger partial charge >= 0.3 is 6.03 Å². The molecule has 2 aliphatic heterocycles. The Morgan fingerprint density at radius 1 is 1.21 bits per heavy atom. The number of anilines is 1. The number of hydrogen-bond donors (Lipinski definition) is 1. The summed E-state index contributed by atoms with van der Waals surface area (Å²) in [4.78, 5) is 26.0. The number of carbonyl (C=O) groups is 1. The Balaban J connectivity index is 1.06. The molecule has 38 heavy (non-hydrogen) atoms. The van der Waals surface area contributed by atoms with Crippen molar-refractivity contribution in [3.8, 4) is 5.75 Å². The van der Waals surface area contributed by atoms with E-state index in [1.165, 1.54) is 17.1 Å². The van der Waals surface area contributed by atoms with Crippen LogP contribution in [-0.4, -0.2) is 73.2 Å². The maximum absolute atomic E-state index is 12.8. The van der Waals surface area contributed by atoms with Gasteiger partial charge in [-0.2, -0.15) is 9.47 Å². The molecule has 0 unspecified atom stereocenters. The molecule has 0 saturated carbocycles. The van der Waals surface area contributed by atoms with Crippen molar-refractivity contribution in [1.82, 2.24) is 34.2 Å². The fraction of sp³-hybridized carbons (Fsp3) is 0.444. The van der Waals surface area contributed by atoms with E-state index in [-0.39, 0.29) is 17.5 Å². The summed E-state index contributed by atoms with van der Waals surface area (Å²) < 4.78 is 12.0. The quantitative estimate of drug-likeness (QED) is 0.369. The van der Waals surface area contributed by atoms with Crippen molar-refractivity contribution >= 4 is 28.3 Å². The predicted octanol–water partition coefficient (Wildman–Crippen LogP) is 3.68. The van der Waals surface area contributed by atoms with E-state index in [0.29, 0.717) is 26.1 Å². The standard InChI is InChI=1S/C27H32N8O2S/c1-19-14-22(37-16-20(2)21-6-4-3-5-7-21)15-35-24(19)30-23(32-35)8-11-34-17-27(31-25(34)36)9-12-33(13-10-27)26-28-18-29-38-26/h3-7,14-15,18,20H,8-13,16-17H2,1-2H3,(H,31,36)/t20-/m0/s1. The molecule has 198 valence electrons. The van der Waals surface area contributed by atoms with Crippen molar-refractivity contribution in [1.29, 1.82) is 0 Å². The van der Waals surface area contributed by atoms with Crippen molar-refractivity contribution < 1.29 is 9.53 Å². The molecule has 1 spiro atoms. The van der Waals surface area contributed by atoms with Crippen molar-refractivity contribution in [3.63, 3.8) is 0 Å². The number of carbonyl (C=O) groups excluding carboxylic acids is 1. The van der Waals surface area contributed by atoms with E-state index in [1.54, 1.807) is 10.8 Å². The summed E-state index contributed by atoms with van der Waals surface area (Å²) in [6, 6.07) is 12.4. The lowest BCUT2D eigenvalue weighted by molar-refractivity contribution is 0.217. The molecule has 11 heteroatoms. The van der Waals surface area contributed by atoms with Gasteiger partial charge in [0.15, 0.2) is 11.5 Å². The van der Waals surface area contributed by atoms with Gasteiger partial charge in [0.2, 0.25) is 5.13 Å². The number of benzene rings is 1. The van der Waals surface area contributed by atoms with E-state index in [2.05, 4.69) is 50.8 Å². The number of rotatable bonds is 8. The number of aryl methyl sites for hydroxylation is 1. The lowest BCUT2D eigenvalue weighted by Gasteiger charge is -2.38. The molecule has 4 aromatic rings. The second kappa shape index (κ2) is 10.2. The fourth-order valence-electron chi connectivity index (χ4n) is 5.36. The number of amides is 2. The van der Waals surface area contributed by atoms with Gasteiger partial charge in [-0.05, 0) is 37.0 Å². The first-order valence-corrected chi connectivity index (χ1v) is 13.9. The number of piperidine rings is 1. The van der Waals surface area contributed by atoms with Gasteiger partial charge in [0, 0.05) is 50.1 Å². The van der Waals surface area contributed by atoms with Crippen LogP contribution in [0.4, 0.5) is 9.93 Å².